The van der Waals surface area contributed by atoms with E-state index in [2.05, 4.69) is 9.97 Å². The molecule has 12 heavy (non-hydrogen) atoms. The molecular weight excluding hydrogens is 204 g/mol. The first kappa shape index (κ1) is 9.37. The van der Waals surface area contributed by atoms with E-state index in [0.717, 1.165) is 6.20 Å². The van der Waals surface area contributed by atoms with Crippen molar-refractivity contribution in [2.75, 3.05) is 0 Å². The number of halogens is 1. The molecule has 1 rings (SSSR count). The van der Waals surface area contributed by atoms with Gasteiger partial charge in [0.25, 0.3) is 0 Å². The van der Waals surface area contributed by atoms with Gasteiger partial charge in [0.2, 0.25) is 5.03 Å². The second-order valence-electron chi connectivity index (χ2n) is 2.05. The highest BCUT2D eigenvalue weighted by molar-refractivity contribution is 7.85. The average molecular weight is 209 g/mol. The highest BCUT2D eigenvalue weighted by Crippen LogP contribution is 2.16. The fourth-order valence-electron chi connectivity index (χ4n) is 0.615. The van der Waals surface area contributed by atoms with E-state index in [4.69, 9.17) is 16.2 Å². The van der Waals surface area contributed by atoms with Crippen molar-refractivity contribution in [2.24, 2.45) is 0 Å². The molecule has 0 amide bonds. The van der Waals surface area contributed by atoms with Crippen LogP contribution in [0.1, 0.15) is 5.82 Å². The van der Waals surface area contributed by atoms with Gasteiger partial charge in [-0.2, -0.15) is 8.42 Å². The van der Waals surface area contributed by atoms with Gasteiger partial charge in [0.1, 0.15) is 5.82 Å². The lowest BCUT2D eigenvalue weighted by Crippen LogP contribution is -2.04. The summed E-state index contributed by atoms with van der Waals surface area (Å²) >= 11 is 5.42. The van der Waals surface area contributed by atoms with Crippen molar-refractivity contribution in [2.45, 2.75) is 11.9 Å². The van der Waals surface area contributed by atoms with E-state index in [1.807, 2.05) is 0 Å². The standard InChI is InChI=1S/C5H5ClN2O3S/c1-3-7-2-4(6)5(8-3)12(9,10)11/h2H,1H3,(H,9,10,11). The maximum absolute atomic E-state index is 10.6. The van der Waals surface area contributed by atoms with Crippen LogP contribution in [0.5, 0.6) is 0 Å². The Morgan fingerprint density at radius 2 is 2.17 bits per heavy atom. The lowest BCUT2D eigenvalue weighted by atomic mass is 10.6. The quantitative estimate of drug-likeness (QED) is 0.542. The minimum Gasteiger partial charge on any atom is -0.281 e. The molecular formula is C5H5ClN2O3S. The van der Waals surface area contributed by atoms with E-state index in [-0.39, 0.29) is 10.8 Å². The number of rotatable bonds is 1. The van der Waals surface area contributed by atoms with Crippen LogP contribution in [0.4, 0.5) is 0 Å². The van der Waals surface area contributed by atoms with Crippen LogP contribution >= 0.6 is 11.6 Å². The van der Waals surface area contributed by atoms with Gasteiger partial charge in [0.15, 0.2) is 0 Å². The fourth-order valence-corrected chi connectivity index (χ4v) is 1.55. The topological polar surface area (TPSA) is 80.2 Å². The molecule has 5 nitrogen and oxygen atoms in total. The SMILES string of the molecule is Cc1ncc(Cl)c(S(=O)(=O)O)n1. The van der Waals surface area contributed by atoms with Crippen LogP contribution < -0.4 is 0 Å². The zero-order valence-corrected chi connectivity index (χ0v) is 7.59. The minimum absolute atomic E-state index is 0.192. The lowest BCUT2D eigenvalue weighted by Gasteiger charge is -1.98. The van der Waals surface area contributed by atoms with Gasteiger partial charge in [0.05, 0.1) is 11.2 Å². The van der Waals surface area contributed by atoms with E-state index < -0.39 is 15.1 Å². The van der Waals surface area contributed by atoms with Crippen molar-refractivity contribution in [1.29, 1.82) is 0 Å². The van der Waals surface area contributed by atoms with Crippen molar-refractivity contribution < 1.29 is 13.0 Å². The first-order valence-corrected chi connectivity index (χ1v) is 4.69. The van der Waals surface area contributed by atoms with Gasteiger partial charge in [-0.25, -0.2) is 9.97 Å². The Hall–Kier alpha value is -0.720. The molecule has 1 heterocycles. The summed E-state index contributed by atoms with van der Waals surface area (Å²) in [5.74, 6) is 0.229. The van der Waals surface area contributed by atoms with E-state index >= 15 is 0 Å². The van der Waals surface area contributed by atoms with Crippen LogP contribution in [0.2, 0.25) is 5.02 Å². The van der Waals surface area contributed by atoms with Gasteiger partial charge in [-0.05, 0) is 6.92 Å². The third-order valence-electron chi connectivity index (χ3n) is 1.08. The molecule has 66 valence electrons. The second kappa shape index (κ2) is 2.96. The fraction of sp³-hybridized carbons (Fsp3) is 0.200. The van der Waals surface area contributed by atoms with Gasteiger partial charge in [-0.3, -0.25) is 4.55 Å². The molecule has 0 radical (unpaired) electrons. The van der Waals surface area contributed by atoms with Crippen molar-refractivity contribution in [3.63, 3.8) is 0 Å². The predicted molar refractivity (Wildman–Crippen MR) is 41.6 cm³/mol. The van der Waals surface area contributed by atoms with Crippen LogP contribution in [0.25, 0.3) is 0 Å². The summed E-state index contributed by atoms with van der Waals surface area (Å²) in [5, 5.41) is -0.750. The molecule has 0 atom stereocenters. The molecule has 0 fully saturated rings. The summed E-state index contributed by atoms with van der Waals surface area (Å²) < 4.78 is 29.8. The van der Waals surface area contributed by atoms with E-state index in [1.165, 1.54) is 6.92 Å². The molecule has 0 saturated carbocycles. The van der Waals surface area contributed by atoms with Crippen molar-refractivity contribution >= 4 is 21.7 Å². The maximum Gasteiger partial charge on any atom is 0.313 e. The summed E-state index contributed by atoms with van der Waals surface area (Å²) in [6.45, 7) is 1.49. The van der Waals surface area contributed by atoms with Crippen LogP contribution in [0.3, 0.4) is 0 Å². The van der Waals surface area contributed by atoms with Crippen molar-refractivity contribution in [1.82, 2.24) is 9.97 Å². The Morgan fingerprint density at radius 1 is 1.58 bits per heavy atom. The van der Waals surface area contributed by atoms with Crippen molar-refractivity contribution in [3.05, 3.63) is 17.0 Å². The zero-order chi connectivity index (χ0) is 9.35. The average Bonchev–Trinajstić information content (AvgIpc) is 1.92. The highest BCUT2D eigenvalue weighted by Gasteiger charge is 2.16. The first-order chi connectivity index (χ1) is 5.41. The van der Waals surface area contributed by atoms with Crippen LogP contribution in [-0.4, -0.2) is 22.9 Å². The molecule has 7 heteroatoms. The Morgan fingerprint density at radius 3 is 2.58 bits per heavy atom. The molecule has 0 unspecified atom stereocenters. The lowest BCUT2D eigenvalue weighted by molar-refractivity contribution is 0.478. The molecule has 1 aromatic rings. The minimum atomic E-state index is -4.34. The molecule has 0 spiro atoms. The van der Waals surface area contributed by atoms with Crippen LogP contribution in [0, 0.1) is 6.92 Å². The Labute approximate surface area is 74.2 Å². The molecule has 0 aliphatic carbocycles. The summed E-state index contributed by atoms with van der Waals surface area (Å²) in [4.78, 5) is 7.10. The third kappa shape index (κ3) is 1.90. The number of hydrogen-bond donors (Lipinski definition) is 1. The van der Waals surface area contributed by atoms with E-state index in [9.17, 15) is 8.42 Å². The second-order valence-corrected chi connectivity index (χ2v) is 3.79. The molecule has 0 aliphatic heterocycles. The highest BCUT2D eigenvalue weighted by atomic mass is 35.5. The Balaban J connectivity index is 3.43. The van der Waals surface area contributed by atoms with Gasteiger partial charge in [0, 0.05) is 0 Å². The summed E-state index contributed by atoms with van der Waals surface area (Å²) in [7, 11) is -4.34. The van der Waals surface area contributed by atoms with Crippen LogP contribution in [-0.2, 0) is 10.1 Å². The molecule has 0 aliphatic rings. The van der Waals surface area contributed by atoms with Crippen molar-refractivity contribution in [3.8, 4) is 0 Å². The molecule has 0 bridgehead atoms. The molecule has 1 N–H and O–H groups in total. The monoisotopic (exact) mass is 208 g/mol. The zero-order valence-electron chi connectivity index (χ0n) is 6.02. The summed E-state index contributed by atoms with van der Waals surface area (Å²) in [6, 6.07) is 0. The molecule has 0 aromatic carbocycles. The van der Waals surface area contributed by atoms with Gasteiger partial charge >= 0.3 is 10.1 Å². The van der Waals surface area contributed by atoms with Gasteiger partial charge in [-0.15, -0.1) is 0 Å². The number of aryl methyl sites for hydroxylation is 1. The summed E-state index contributed by atoms with van der Waals surface area (Å²) in [5.41, 5.74) is 0. The summed E-state index contributed by atoms with van der Waals surface area (Å²) in [6.07, 6.45) is 1.12. The molecule has 1 aromatic heterocycles. The third-order valence-corrected chi connectivity index (χ3v) is 2.27. The first-order valence-electron chi connectivity index (χ1n) is 2.88. The number of aromatic nitrogens is 2. The largest absolute Gasteiger partial charge is 0.313 e. The maximum atomic E-state index is 10.6. The van der Waals surface area contributed by atoms with E-state index in [0.29, 0.717) is 0 Å². The number of hydrogen-bond acceptors (Lipinski definition) is 4. The molecule has 0 saturated heterocycles. The van der Waals surface area contributed by atoms with Crippen LogP contribution in [0.15, 0.2) is 11.2 Å². The van der Waals surface area contributed by atoms with Gasteiger partial charge in [-0.1, -0.05) is 11.6 Å². The van der Waals surface area contributed by atoms with Gasteiger partial charge < -0.3 is 0 Å². The number of nitrogens with zero attached hydrogens (tertiary/aromatic N) is 2. The Bertz CT molecular complexity index is 403. The smallest absolute Gasteiger partial charge is 0.281 e. The predicted octanol–water partition coefficient (Wildman–Crippen LogP) is 0.685. The van der Waals surface area contributed by atoms with E-state index in [1.54, 1.807) is 0 Å². The normalized spacial score (nSPS) is 11.6. The Kier molecular flexibility index (Phi) is 2.31.